The molecule has 0 amide bonds. The molecule has 0 spiro atoms. The van der Waals surface area contributed by atoms with Gasteiger partial charge in [0.05, 0.1) is 23.1 Å². The predicted octanol–water partition coefficient (Wildman–Crippen LogP) is 3.90. The fourth-order valence-electron chi connectivity index (χ4n) is 4.35. The first-order valence-corrected chi connectivity index (χ1v) is 10.3. The smallest absolute Gasteiger partial charge is 0.255 e. The molecule has 1 aliphatic rings. The number of aromatic nitrogens is 3. The maximum Gasteiger partial charge on any atom is 0.255 e. The fraction of sp³-hybridized carbons (Fsp3) is 0.250. The molecule has 0 bridgehead atoms. The Morgan fingerprint density at radius 2 is 1.97 bits per heavy atom. The Balaban J connectivity index is 1.46. The summed E-state index contributed by atoms with van der Waals surface area (Å²) in [6.45, 7) is 1.94. The maximum absolute atomic E-state index is 13.1. The van der Waals surface area contributed by atoms with E-state index in [-0.39, 0.29) is 12.2 Å². The summed E-state index contributed by atoms with van der Waals surface area (Å²) >= 11 is 0. The first-order valence-electron chi connectivity index (χ1n) is 10.3. The van der Waals surface area contributed by atoms with Crippen molar-refractivity contribution in [3.8, 4) is 16.9 Å². The number of benzene rings is 1. The zero-order valence-corrected chi connectivity index (χ0v) is 17.1. The fourth-order valence-corrected chi connectivity index (χ4v) is 4.35. The van der Waals surface area contributed by atoms with E-state index in [1.807, 2.05) is 19.2 Å². The number of aryl methyl sites for hydroxylation is 1. The minimum absolute atomic E-state index is 0.182. The van der Waals surface area contributed by atoms with E-state index in [0.717, 1.165) is 35.9 Å². The third-order valence-electron chi connectivity index (χ3n) is 6.02. The Bertz CT molecular complexity index is 1300. The minimum atomic E-state index is -0.413. The van der Waals surface area contributed by atoms with Crippen LogP contribution in [0.4, 0.5) is 8.78 Å². The lowest BCUT2D eigenvalue weighted by Crippen LogP contribution is -2.45. The number of fused-ring (bicyclic) bond motifs is 1. The Morgan fingerprint density at radius 3 is 2.68 bits per heavy atom. The molecule has 31 heavy (non-hydrogen) atoms. The lowest BCUT2D eigenvalue weighted by atomic mass is 9.91. The van der Waals surface area contributed by atoms with Crippen LogP contribution in [-0.2, 0) is 7.05 Å². The van der Waals surface area contributed by atoms with Crippen LogP contribution in [-0.4, -0.2) is 45.3 Å². The van der Waals surface area contributed by atoms with Crippen molar-refractivity contribution in [1.82, 2.24) is 19.0 Å². The predicted molar refractivity (Wildman–Crippen MR) is 117 cm³/mol. The molecule has 1 fully saturated rings. The van der Waals surface area contributed by atoms with Gasteiger partial charge in [-0.15, -0.1) is 0 Å². The third kappa shape index (κ3) is 3.55. The van der Waals surface area contributed by atoms with Gasteiger partial charge in [-0.05, 0) is 35.9 Å². The Labute approximate surface area is 178 Å². The number of alkyl halides is 1. The SMILES string of the molecule is Cn1cc(C2CN(CCF)C2)c2ccc(-n3ccc(-c4ccc(F)cn4)cc3=O)cc21. The van der Waals surface area contributed by atoms with Gasteiger partial charge in [0.2, 0.25) is 0 Å². The minimum Gasteiger partial charge on any atom is -0.350 e. The van der Waals surface area contributed by atoms with Crippen LogP contribution in [0.5, 0.6) is 0 Å². The summed E-state index contributed by atoms with van der Waals surface area (Å²) in [6.07, 6.45) is 4.99. The molecular weight excluding hydrogens is 398 g/mol. The van der Waals surface area contributed by atoms with E-state index >= 15 is 0 Å². The number of likely N-dealkylation sites (tertiary alicyclic amines) is 1. The van der Waals surface area contributed by atoms with E-state index in [2.05, 4.69) is 26.7 Å². The Hall–Kier alpha value is -3.32. The zero-order valence-electron chi connectivity index (χ0n) is 17.1. The van der Waals surface area contributed by atoms with Crippen molar-refractivity contribution >= 4 is 10.9 Å². The molecule has 0 N–H and O–H groups in total. The van der Waals surface area contributed by atoms with Crippen LogP contribution in [0.3, 0.4) is 0 Å². The van der Waals surface area contributed by atoms with Gasteiger partial charge in [0.1, 0.15) is 12.5 Å². The average molecular weight is 420 g/mol. The van der Waals surface area contributed by atoms with E-state index in [1.54, 1.807) is 22.9 Å². The van der Waals surface area contributed by atoms with E-state index < -0.39 is 5.82 Å². The van der Waals surface area contributed by atoms with Crippen LogP contribution in [0, 0.1) is 5.82 Å². The summed E-state index contributed by atoms with van der Waals surface area (Å²) in [6, 6.07) is 12.2. The van der Waals surface area contributed by atoms with Gasteiger partial charge in [-0.25, -0.2) is 8.78 Å². The van der Waals surface area contributed by atoms with Crippen molar-refractivity contribution in [2.45, 2.75) is 5.92 Å². The van der Waals surface area contributed by atoms with Crippen LogP contribution in [0.15, 0.2) is 65.8 Å². The molecule has 0 atom stereocenters. The second-order valence-electron chi connectivity index (χ2n) is 8.03. The number of hydrogen-bond donors (Lipinski definition) is 0. The largest absolute Gasteiger partial charge is 0.350 e. The lowest BCUT2D eigenvalue weighted by Gasteiger charge is -2.38. The first kappa shape index (κ1) is 19.6. The molecule has 1 aliphatic heterocycles. The number of hydrogen-bond acceptors (Lipinski definition) is 3. The summed E-state index contributed by atoms with van der Waals surface area (Å²) in [5.41, 5.74) is 4.11. The monoisotopic (exact) mass is 420 g/mol. The van der Waals surface area contributed by atoms with Gasteiger partial charge in [0.15, 0.2) is 0 Å². The summed E-state index contributed by atoms with van der Waals surface area (Å²) in [5, 5.41) is 1.16. The van der Waals surface area contributed by atoms with Crippen molar-refractivity contribution in [3.63, 3.8) is 0 Å². The van der Waals surface area contributed by atoms with Gasteiger partial charge in [0.25, 0.3) is 5.56 Å². The van der Waals surface area contributed by atoms with Gasteiger partial charge < -0.3 is 4.57 Å². The molecule has 5 nitrogen and oxygen atoms in total. The molecule has 4 aromatic rings. The van der Waals surface area contributed by atoms with Crippen molar-refractivity contribution in [1.29, 1.82) is 0 Å². The van der Waals surface area contributed by atoms with Crippen molar-refractivity contribution in [2.75, 3.05) is 26.3 Å². The van der Waals surface area contributed by atoms with Gasteiger partial charge in [-0.2, -0.15) is 0 Å². The van der Waals surface area contributed by atoms with E-state index in [9.17, 15) is 13.6 Å². The highest BCUT2D eigenvalue weighted by molar-refractivity contribution is 5.86. The first-order chi connectivity index (χ1) is 15.0. The van der Waals surface area contributed by atoms with E-state index in [0.29, 0.717) is 23.7 Å². The molecule has 0 unspecified atom stereocenters. The lowest BCUT2D eigenvalue weighted by molar-refractivity contribution is 0.138. The Kier molecular flexibility index (Phi) is 4.90. The molecule has 3 aromatic heterocycles. The highest BCUT2D eigenvalue weighted by Crippen LogP contribution is 2.34. The highest BCUT2D eigenvalue weighted by Gasteiger charge is 2.29. The van der Waals surface area contributed by atoms with Crippen LogP contribution in [0.2, 0.25) is 0 Å². The number of nitrogens with zero attached hydrogens (tertiary/aromatic N) is 4. The molecule has 5 rings (SSSR count). The zero-order chi connectivity index (χ0) is 21.5. The standard InChI is InChI=1S/C24H22F2N4O/c1-28-15-21(17-13-29(14-17)9-7-25)20-4-3-19(11-23(20)28)30-8-6-16(10-24(30)31)22-5-2-18(26)12-27-22/h2-6,8,10-12,15,17H,7,9,13-14H2,1H3. The van der Waals surface area contributed by atoms with Crippen LogP contribution < -0.4 is 5.56 Å². The molecule has 1 aromatic carbocycles. The second kappa shape index (κ2) is 7.74. The van der Waals surface area contributed by atoms with Gasteiger partial charge >= 0.3 is 0 Å². The summed E-state index contributed by atoms with van der Waals surface area (Å²) in [5.74, 6) is -0.00401. The topological polar surface area (TPSA) is 43.1 Å². The second-order valence-corrected chi connectivity index (χ2v) is 8.03. The van der Waals surface area contributed by atoms with Crippen LogP contribution in [0.25, 0.3) is 27.8 Å². The molecule has 0 radical (unpaired) electrons. The maximum atomic E-state index is 13.1. The van der Waals surface area contributed by atoms with Gasteiger partial charge in [-0.3, -0.25) is 19.2 Å². The average Bonchev–Trinajstić information content (AvgIpc) is 3.06. The molecular formula is C24H22F2N4O. The number of rotatable bonds is 5. The number of halogens is 2. The van der Waals surface area contributed by atoms with Crippen LogP contribution >= 0.6 is 0 Å². The molecule has 1 saturated heterocycles. The van der Waals surface area contributed by atoms with Crippen molar-refractivity contribution in [3.05, 3.63) is 82.8 Å². The molecule has 0 saturated carbocycles. The summed E-state index contributed by atoms with van der Waals surface area (Å²) in [7, 11) is 2.00. The summed E-state index contributed by atoms with van der Waals surface area (Å²) < 4.78 is 29.3. The quantitative estimate of drug-likeness (QED) is 0.492. The molecule has 158 valence electrons. The van der Waals surface area contributed by atoms with Gasteiger partial charge in [-0.1, -0.05) is 6.07 Å². The molecule has 4 heterocycles. The van der Waals surface area contributed by atoms with E-state index in [4.69, 9.17) is 0 Å². The van der Waals surface area contributed by atoms with Crippen LogP contribution in [0.1, 0.15) is 11.5 Å². The normalized spacial score (nSPS) is 14.8. The van der Waals surface area contributed by atoms with Gasteiger partial charge in [0, 0.05) is 62.0 Å². The Morgan fingerprint density at radius 1 is 1.13 bits per heavy atom. The summed E-state index contributed by atoms with van der Waals surface area (Å²) in [4.78, 5) is 18.9. The van der Waals surface area contributed by atoms with Crippen molar-refractivity contribution in [2.24, 2.45) is 7.05 Å². The molecule has 0 aliphatic carbocycles. The number of pyridine rings is 2. The van der Waals surface area contributed by atoms with E-state index in [1.165, 1.54) is 17.7 Å². The third-order valence-corrected chi connectivity index (χ3v) is 6.02. The van der Waals surface area contributed by atoms with Crippen molar-refractivity contribution < 1.29 is 8.78 Å². The molecule has 7 heteroatoms. The highest BCUT2D eigenvalue weighted by atomic mass is 19.1.